The van der Waals surface area contributed by atoms with Gasteiger partial charge in [0.1, 0.15) is 23.2 Å². The van der Waals surface area contributed by atoms with Crippen molar-refractivity contribution in [1.29, 1.82) is 0 Å². The number of rotatable bonds is 3. The van der Waals surface area contributed by atoms with Gasteiger partial charge < -0.3 is 19.3 Å². The summed E-state index contributed by atoms with van der Waals surface area (Å²) >= 11 is 1.22. The third kappa shape index (κ3) is 2.32. The number of nitrogens with zero attached hydrogens (tertiary/aromatic N) is 2. The molecule has 3 aromatic rings. The summed E-state index contributed by atoms with van der Waals surface area (Å²) in [6.07, 6.45) is 1.63. The monoisotopic (exact) mass is 464 g/mol. The number of carbonyl (C=O) groups is 1. The molecule has 2 aromatic carbocycles. The molecular formula is C24H20N2O6S. The molecule has 8 nitrogen and oxygen atoms in total. The van der Waals surface area contributed by atoms with Gasteiger partial charge in [-0.3, -0.25) is 14.2 Å². The first-order valence-electron chi connectivity index (χ1n) is 10.4. The molecule has 6 rings (SSSR count). The molecule has 1 spiro atoms. The van der Waals surface area contributed by atoms with Crippen LogP contribution in [0.5, 0.6) is 17.2 Å². The predicted molar refractivity (Wildman–Crippen MR) is 119 cm³/mol. The molecule has 1 N–H and O–H groups in total. The van der Waals surface area contributed by atoms with Crippen molar-refractivity contribution in [1.82, 2.24) is 4.57 Å². The van der Waals surface area contributed by atoms with E-state index in [2.05, 4.69) is 0 Å². The van der Waals surface area contributed by atoms with E-state index in [-0.39, 0.29) is 11.3 Å². The van der Waals surface area contributed by atoms with Crippen LogP contribution in [0.4, 0.5) is 0 Å². The average Bonchev–Trinajstić information content (AvgIpc) is 3.02. The number of carbonyl (C=O) groups excluding carboxylic acids is 1. The third-order valence-electron chi connectivity index (χ3n) is 6.99. The molecule has 168 valence electrons. The molecule has 9 heteroatoms. The zero-order chi connectivity index (χ0) is 23.1. The second-order valence-corrected chi connectivity index (χ2v) is 9.53. The highest BCUT2D eigenvalue weighted by Gasteiger charge is 2.88. The van der Waals surface area contributed by atoms with E-state index >= 15 is 0 Å². The lowest BCUT2D eigenvalue weighted by Gasteiger charge is -2.26. The number of benzene rings is 2. The van der Waals surface area contributed by atoms with Crippen molar-refractivity contribution in [2.45, 2.75) is 24.1 Å². The van der Waals surface area contributed by atoms with Crippen molar-refractivity contribution < 1.29 is 24.1 Å². The Kier molecular flexibility index (Phi) is 3.93. The minimum Gasteiger partial charge on any atom is -0.504 e. The maximum absolute atomic E-state index is 13.6. The molecule has 0 saturated heterocycles. The lowest BCUT2D eigenvalue weighted by molar-refractivity contribution is -0.144. The van der Waals surface area contributed by atoms with E-state index in [0.29, 0.717) is 26.4 Å². The van der Waals surface area contributed by atoms with Crippen molar-refractivity contribution in [3.63, 3.8) is 0 Å². The molecule has 0 bridgehead atoms. The molecule has 1 saturated carbocycles. The Morgan fingerprint density at radius 2 is 2.03 bits per heavy atom. The number of thiazole rings is 1. The maximum Gasteiger partial charge on any atom is 0.315 e. The molecule has 3 heterocycles. The summed E-state index contributed by atoms with van der Waals surface area (Å²) in [5, 5.41) is 10.5. The standard InChI is InChI=1S/C24H20N2O6S/c1-23-18(21(29)31-3)24(23)19(13-8-4-5-9-14(13)32-24)26-20(28)16(33-22(26)25-23)11-12-7-6-10-15(30-2)17(12)27/h4-11,18-19,27H,1-3H3/b16-11-. The van der Waals surface area contributed by atoms with E-state index in [1.807, 2.05) is 31.2 Å². The SMILES string of the molecule is COC(=O)C1C2(C)N=c3s/c(=C\c4cccc(OC)c4O)c(=O)n3C3c4ccccc4OC312. The van der Waals surface area contributed by atoms with Crippen LogP contribution in [0.25, 0.3) is 6.08 Å². The fourth-order valence-corrected chi connectivity index (χ4v) is 6.51. The van der Waals surface area contributed by atoms with Crippen LogP contribution in [0.3, 0.4) is 0 Å². The van der Waals surface area contributed by atoms with Crippen LogP contribution in [0.1, 0.15) is 24.1 Å². The van der Waals surface area contributed by atoms with Crippen molar-refractivity contribution in [3.8, 4) is 17.2 Å². The first kappa shape index (κ1) is 20.0. The van der Waals surface area contributed by atoms with E-state index in [4.69, 9.17) is 19.2 Å². The smallest absolute Gasteiger partial charge is 0.315 e. The zero-order valence-electron chi connectivity index (χ0n) is 18.1. The summed E-state index contributed by atoms with van der Waals surface area (Å²) in [5.74, 6) is -0.123. The Hall–Kier alpha value is -3.59. The number of esters is 1. The Balaban J connectivity index is 1.61. The number of para-hydroxylation sites is 2. The Morgan fingerprint density at radius 1 is 1.24 bits per heavy atom. The van der Waals surface area contributed by atoms with Crippen LogP contribution in [-0.2, 0) is 9.53 Å². The van der Waals surface area contributed by atoms with Gasteiger partial charge in [0.25, 0.3) is 5.56 Å². The molecular weight excluding hydrogens is 444 g/mol. The zero-order valence-corrected chi connectivity index (χ0v) is 18.9. The van der Waals surface area contributed by atoms with Crippen LogP contribution in [0.15, 0.2) is 52.3 Å². The van der Waals surface area contributed by atoms with Gasteiger partial charge in [-0.1, -0.05) is 41.7 Å². The molecule has 1 aliphatic carbocycles. The van der Waals surface area contributed by atoms with Gasteiger partial charge >= 0.3 is 5.97 Å². The second kappa shape index (κ2) is 6.48. The fraction of sp³-hybridized carbons (Fsp3) is 0.292. The lowest BCUT2D eigenvalue weighted by atomic mass is 9.97. The van der Waals surface area contributed by atoms with E-state index in [1.54, 1.807) is 28.8 Å². The van der Waals surface area contributed by atoms with Gasteiger partial charge in [0.05, 0.1) is 18.8 Å². The summed E-state index contributed by atoms with van der Waals surface area (Å²) < 4.78 is 18.7. The van der Waals surface area contributed by atoms with Crippen LogP contribution < -0.4 is 24.4 Å². The number of hydrogen-bond acceptors (Lipinski definition) is 8. The van der Waals surface area contributed by atoms with Crippen molar-refractivity contribution in [3.05, 3.63) is 73.3 Å². The fourth-order valence-electron chi connectivity index (χ4n) is 5.42. The van der Waals surface area contributed by atoms with E-state index in [1.165, 1.54) is 25.6 Å². The third-order valence-corrected chi connectivity index (χ3v) is 7.98. The molecule has 1 fully saturated rings. The maximum atomic E-state index is 13.6. The number of aromatic hydroxyl groups is 1. The van der Waals surface area contributed by atoms with Crippen LogP contribution in [-0.4, -0.2) is 41.0 Å². The van der Waals surface area contributed by atoms with Gasteiger partial charge in [-0.15, -0.1) is 0 Å². The molecule has 3 aliphatic rings. The Morgan fingerprint density at radius 3 is 2.79 bits per heavy atom. The van der Waals surface area contributed by atoms with Gasteiger partial charge in [0.2, 0.25) is 0 Å². The number of fused-ring (bicyclic) bond motifs is 4. The molecule has 4 atom stereocenters. The van der Waals surface area contributed by atoms with Gasteiger partial charge in [-0.05, 0) is 25.1 Å². The molecule has 0 radical (unpaired) electrons. The number of hydrogen-bond donors (Lipinski definition) is 1. The van der Waals surface area contributed by atoms with E-state index < -0.39 is 29.1 Å². The number of ether oxygens (including phenoxy) is 3. The summed E-state index contributed by atoms with van der Waals surface area (Å²) in [6, 6.07) is 12.1. The Labute approximate surface area is 192 Å². The lowest BCUT2D eigenvalue weighted by Crippen LogP contribution is -2.47. The second-order valence-electron chi connectivity index (χ2n) is 8.52. The summed E-state index contributed by atoms with van der Waals surface area (Å²) in [4.78, 5) is 31.7. The summed E-state index contributed by atoms with van der Waals surface area (Å²) in [5.41, 5.74) is -0.842. The normalized spacial score (nSPS) is 28.5. The van der Waals surface area contributed by atoms with Crippen LogP contribution in [0.2, 0.25) is 0 Å². The van der Waals surface area contributed by atoms with E-state index in [9.17, 15) is 14.7 Å². The number of phenolic OH excluding ortho intramolecular Hbond substituents is 1. The number of methoxy groups -OCH3 is 2. The molecule has 1 aromatic heterocycles. The highest BCUT2D eigenvalue weighted by Crippen LogP contribution is 2.70. The number of phenols is 1. The van der Waals surface area contributed by atoms with Crippen molar-refractivity contribution in [2.75, 3.05) is 14.2 Å². The predicted octanol–water partition coefficient (Wildman–Crippen LogP) is 1.37. The number of aromatic nitrogens is 1. The highest BCUT2D eigenvalue weighted by molar-refractivity contribution is 7.07. The molecule has 2 aliphatic heterocycles. The molecule has 33 heavy (non-hydrogen) atoms. The van der Waals surface area contributed by atoms with E-state index in [0.717, 1.165) is 5.56 Å². The van der Waals surface area contributed by atoms with Gasteiger partial charge in [0.15, 0.2) is 21.9 Å². The first-order chi connectivity index (χ1) is 15.9. The summed E-state index contributed by atoms with van der Waals surface area (Å²) in [7, 11) is 2.82. The average molecular weight is 464 g/mol. The van der Waals surface area contributed by atoms with Crippen molar-refractivity contribution in [2.24, 2.45) is 10.9 Å². The van der Waals surface area contributed by atoms with Gasteiger partial charge in [-0.2, -0.15) is 0 Å². The minimum atomic E-state index is -1.02. The largest absolute Gasteiger partial charge is 0.504 e. The van der Waals surface area contributed by atoms with Crippen LogP contribution >= 0.6 is 11.3 Å². The quantitative estimate of drug-likeness (QED) is 0.588. The Bertz CT molecular complexity index is 1520. The highest BCUT2D eigenvalue weighted by atomic mass is 32.1. The molecule has 0 amide bonds. The molecule has 4 unspecified atom stereocenters. The van der Waals surface area contributed by atoms with Gasteiger partial charge in [-0.25, -0.2) is 4.99 Å². The first-order valence-corrected chi connectivity index (χ1v) is 11.2. The van der Waals surface area contributed by atoms with Crippen LogP contribution in [0, 0.1) is 5.92 Å². The van der Waals surface area contributed by atoms with Gasteiger partial charge in [0, 0.05) is 11.1 Å². The summed E-state index contributed by atoms with van der Waals surface area (Å²) in [6.45, 7) is 1.87. The van der Waals surface area contributed by atoms with Crippen molar-refractivity contribution >= 4 is 23.4 Å². The minimum absolute atomic E-state index is 0.0423. The topological polar surface area (TPSA) is 99.4 Å².